The maximum Gasteiger partial charge on any atom is 0.481 e. The Labute approximate surface area is 206 Å². The van der Waals surface area contributed by atoms with Gasteiger partial charge in [-0.1, -0.05) is 50.9 Å². The summed E-state index contributed by atoms with van der Waals surface area (Å²) in [5, 5.41) is 6.34. The first-order chi connectivity index (χ1) is 15.4. The molecule has 4 fully saturated rings. The minimum Gasteiger partial charge on any atom is -0.404 e. The van der Waals surface area contributed by atoms with Crippen LogP contribution >= 0.6 is 23.2 Å². The summed E-state index contributed by atoms with van der Waals surface area (Å²) >= 11 is 12.1. The zero-order valence-electron chi connectivity index (χ0n) is 19.9. The van der Waals surface area contributed by atoms with Gasteiger partial charge in [-0.05, 0) is 67.6 Å². The quantitative estimate of drug-likeness (QED) is 0.546. The highest BCUT2D eigenvalue weighted by Gasteiger charge is 2.68. The van der Waals surface area contributed by atoms with E-state index in [1.807, 2.05) is 0 Å². The van der Waals surface area contributed by atoms with E-state index < -0.39 is 13.0 Å². The third-order valence-corrected chi connectivity index (χ3v) is 8.52. The number of halogens is 2. The zero-order valence-corrected chi connectivity index (χ0v) is 21.4. The van der Waals surface area contributed by atoms with Crippen molar-refractivity contribution >= 4 is 42.1 Å². The van der Waals surface area contributed by atoms with E-state index in [-0.39, 0.29) is 46.1 Å². The molecule has 4 aliphatic rings. The summed E-state index contributed by atoms with van der Waals surface area (Å²) in [5.41, 5.74) is 0.156. The lowest BCUT2D eigenvalue weighted by molar-refractivity contribution is -0.199. The molecule has 0 aromatic heterocycles. The highest BCUT2D eigenvalue weighted by molar-refractivity contribution is 6.48. The minimum absolute atomic E-state index is 0.0514. The molecule has 180 valence electrons. The lowest BCUT2D eigenvalue weighted by Gasteiger charge is -2.64. The van der Waals surface area contributed by atoms with Gasteiger partial charge >= 0.3 is 7.12 Å². The summed E-state index contributed by atoms with van der Waals surface area (Å²) in [7, 11) is -0.500. The molecule has 1 heterocycles. The fourth-order valence-corrected chi connectivity index (χ4v) is 6.38. The first kappa shape index (κ1) is 24.8. The molecule has 6 nitrogen and oxygen atoms in total. The van der Waals surface area contributed by atoms with Gasteiger partial charge in [0.05, 0.1) is 34.8 Å². The lowest BCUT2D eigenvalue weighted by atomic mass is 9.43. The maximum absolute atomic E-state index is 12.8. The van der Waals surface area contributed by atoms with Crippen molar-refractivity contribution in [3.8, 4) is 0 Å². The molecule has 5 rings (SSSR count). The molecule has 2 amide bonds. The van der Waals surface area contributed by atoms with E-state index in [2.05, 4.69) is 45.3 Å². The molecule has 0 radical (unpaired) electrons. The van der Waals surface area contributed by atoms with Crippen LogP contribution in [0.25, 0.3) is 0 Å². The van der Waals surface area contributed by atoms with Crippen molar-refractivity contribution in [2.24, 2.45) is 23.2 Å². The summed E-state index contributed by atoms with van der Waals surface area (Å²) in [4.78, 5) is 25.2. The average molecular weight is 495 g/mol. The van der Waals surface area contributed by atoms with Gasteiger partial charge in [0, 0.05) is 5.02 Å². The second-order valence-corrected chi connectivity index (χ2v) is 11.8. The van der Waals surface area contributed by atoms with Crippen molar-refractivity contribution in [3.05, 3.63) is 33.8 Å². The van der Waals surface area contributed by atoms with E-state index >= 15 is 0 Å². The highest BCUT2D eigenvalue weighted by atomic mass is 35.5. The predicted molar refractivity (Wildman–Crippen MR) is 130 cm³/mol. The molecule has 9 heteroatoms. The molecule has 3 aliphatic carbocycles. The summed E-state index contributed by atoms with van der Waals surface area (Å²) in [6.07, 6.45) is 2.94. The van der Waals surface area contributed by atoms with E-state index in [4.69, 9.17) is 32.5 Å². The largest absolute Gasteiger partial charge is 0.481 e. The lowest BCUT2D eigenvalue weighted by Crippen LogP contribution is -2.65. The number of nitrogens with one attached hydrogen (secondary N) is 2. The average Bonchev–Trinajstić information content (AvgIpc) is 3.10. The molecule has 33 heavy (non-hydrogen) atoms. The molecule has 2 N–H and O–H groups in total. The highest BCUT2D eigenvalue weighted by Crippen LogP contribution is 2.65. The van der Waals surface area contributed by atoms with Crippen LogP contribution in [0.1, 0.15) is 64.2 Å². The van der Waals surface area contributed by atoms with Gasteiger partial charge in [-0.15, -0.1) is 0 Å². The van der Waals surface area contributed by atoms with Crippen LogP contribution in [0.5, 0.6) is 0 Å². The SMILES string of the molecule is CC(C)CC(NC(=O)CNC(=O)c1cc(Cl)ccc1Cl)B1OC2CC3CC(C3(C)C)C2(C)O1. The normalized spacial score (nSPS) is 30.4. The van der Waals surface area contributed by atoms with Crippen molar-refractivity contribution in [1.82, 2.24) is 10.6 Å². The van der Waals surface area contributed by atoms with Crippen LogP contribution in [0.2, 0.25) is 10.0 Å². The van der Waals surface area contributed by atoms with Crippen LogP contribution in [0, 0.1) is 23.2 Å². The third-order valence-electron chi connectivity index (χ3n) is 7.95. The van der Waals surface area contributed by atoms with E-state index in [1.54, 1.807) is 12.1 Å². The molecule has 5 unspecified atom stereocenters. The number of amides is 2. The monoisotopic (exact) mass is 494 g/mol. The van der Waals surface area contributed by atoms with Crippen molar-refractivity contribution in [2.45, 2.75) is 71.5 Å². The van der Waals surface area contributed by atoms with Gasteiger partial charge in [0.25, 0.3) is 5.91 Å². The van der Waals surface area contributed by atoms with Crippen LogP contribution in [-0.4, -0.2) is 43.1 Å². The van der Waals surface area contributed by atoms with Gasteiger partial charge in [0.15, 0.2) is 0 Å². The van der Waals surface area contributed by atoms with Crippen LogP contribution < -0.4 is 10.6 Å². The van der Waals surface area contributed by atoms with Gasteiger partial charge in [-0.2, -0.15) is 0 Å². The van der Waals surface area contributed by atoms with Crippen molar-refractivity contribution in [1.29, 1.82) is 0 Å². The van der Waals surface area contributed by atoms with Crippen molar-refractivity contribution < 1.29 is 18.9 Å². The molecular formula is C24H33BCl2N2O4. The summed E-state index contributed by atoms with van der Waals surface area (Å²) < 4.78 is 13.0. The van der Waals surface area contributed by atoms with E-state index in [1.165, 1.54) is 12.5 Å². The molecule has 3 saturated carbocycles. The Hall–Kier alpha value is -1.28. The zero-order chi connectivity index (χ0) is 24.1. The first-order valence-corrected chi connectivity index (χ1v) is 12.5. The Morgan fingerprint density at radius 2 is 1.94 bits per heavy atom. The summed E-state index contributed by atoms with van der Waals surface area (Å²) in [6.45, 7) is 10.8. The van der Waals surface area contributed by atoms with E-state index in [9.17, 15) is 9.59 Å². The maximum atomic E-state index is 12.8. The number of carbonyl (C=O) groups is 2. The van der Waals surface area contributed by atoms with Crippen LogP contribution in [0.15, 0.2) is 18.2 Å². The van der Waals surface area contributed by atoms with Crippen LogP contribution in [0.4, 0.5) is 0 Å². The fraction of sp³-hybridized carbons (Fsp3) is 0.667. The standard InChI is InChI=1S/C24H33BCl2N2O4/c1-13(2)8-20(25-32-19-10-14-9-18(23(14,3)4)24(19,5)33-25)29-21(30)12-28-22(31)16-11-15(26)6-7-17(16)27/h6-7,11,13-14,18-20H,8-10,12H2,1-5H3,(H,28,31)(H,29,30). The molecule has 1 aromatic carbocycles. The van der Waals surface area contributed by atoms with Crippen LogP contribution in [0.3, 0.4) is 0 Å². The Morgan fingerprint density at radius 3 is 2.61 bits per heavy atom. The van der Waals surface area contributed by atoms with E-state index in [0.717, 1.165) is 6.42 Å². The predicted octanol–water partition coefficient (Wildman–Crippen LogP) is 4.52. The summed E-state index contributed by atoms with van der Waals surface area (Å²) in [6, 6.07) is 4.64. The van der Waals surface area contributed by atoms with Gasteiger partial charge < -0.3 is 19.9 Å². The molecular weight excluding hydrogens is 462 g/mol. The third kappa shape index (κ3) is 4.66. The Balaban J connectivity index is 1.39. The Kier molecular flexibility index (Phi) is 6.82. The van der Waals surface area contributed by atoms with Gasteiger partial charge in [-0.3, -0.25) is 9.59 Å². The number of hydrogen-bond donors (Lipinski definition) is 2. The molecule has 5 atom stereocenters. The molecule has 1 aromatic rings. The number of rotatable bonds is 7. The minimum atomic E-state index is -0.500. The molecule has 1 aliphatic heterocycles. The van der Waals surface area contributed by atoms with Crippen molar-refractivity contribution in [2.75, 3.05) is 6.54 Å². The number of hydrogen-bond acceptors (Lipinski definition) is 4. The van der Waals surface area contributed by atoms with E-state index in [0.29, 0.717) is 29.2 Å². The molecule has 0 spiro atoms. The topological polar surface area (TPSA) is 76.7 Å². The second-order valence-electron chi connectivity index (χ2n) is 10.9. The Morgan fingerprint density at radius 1 is 1.21 bits per heavy atom. The van der Waals surface area contributed by atoms with Crippen molar-refractivity contribution in [3.63, 3.8) is 0 Å². The molecule has 2 bridgehead atoms. The Bertz CT molecular complexity index is 943. The van der Waals surface area contributed by atoms with Gasteiger partial charge in [0.2, 0.25) is 5.91 Å². The smallest absolute Gasteiger partial charge is 0.404 e. The number of carbonyl (C=O) groups excluding carboxylic acids is 2. The second kappa shape index (κ2) is 9.06. The fourth-order valence-electron chi connectivity index (χ4n) is 6.00. The van der Waals surface area contributed by atoms with Gasteiger partial charge in [-0.25, -0.2) is 0 Å². The molecule has 1 saturated heterocycles. The number of benzene rings is 1. The van der Waals surface area contributed by atoms with Crippen LogP contribution in [-0.2, 0) is 14.1 Å². The first-order valence-electron chi connectivity index (χ1n) is 11.8. The van der Waals surface area contributed by atoms with Gasteiger partial charge in [0.1, 0.15) is 0 Å². The summed E-state index contributed by atoms with van der Waals surface area (Å²) in [5.74, 6) is 0.399.